The van der Waals surface area contributed by atoms with Gasteiger partial charge in [0.2, 0.25) is 5.91 Å². The molecule has 4 rings (SSSR count). The molecule has 3 aromatic rings. The summed E-state index contributed by atoms with van der Waals surface area (Å²) in [5.41, 5.74) is 2.33. The molecule has 9 heteroatoms. The molecular weight excluding hydrogens is 384 g/mol. The zero-order valence-electron chi connectivity index (χ0n) is 17.5. The van der Waals surface area contributed by atoms with Crippen LogP contribution in [0.25, 0.3) is 22.3 Å². The van der Waals surface area contributed by atoms with E-state index < -0.39 is 0 Å². The summed E-state index contributed by atoms with van der Waals surface area (Å²) in [5, 5.41) is 8.43. The molecule has 0 spiro atoms. The Morgan fingerprint density at radius 3 is 2.83 bits per heavy atom. The zero-order chi connectivity index (χ0) is 21.1. The molecule has 1 amide bonds. The van der Waals surface area contributed by atoms with Crippen LogP contribution in [0.2, 0.25) is 0 Å². The van der Waals surface area contributed by atoms with Crippen LogP contribution in [0.5, 0.6) is 5.75 Å². The molecule has 0 radical (unpaired) electrons. The van der Waals surface area contributed by atoms with E-state index in [0.717, 1.165) is 22.3 Å². The van der Waals surface area contributed by atoms with E-state index >= 15 is 0 Å². The molecule has 1 fully saturated rings. The normalized spacial score (nSPS) is 14.7. The van der Waals surface area contributed by atoms with Gasteiger partial charge in [-0.15, -0.1) is 0 Å². The lowest BCUT2D eigenvalue weighted by molar-refractivity contribution is -0.131. The maximum absolute atomic E-state index is 12.5. The van der Waals surface area contributed by atoms with Gasteiger partial charge in [-0.25, -0.2) is 9.97 Å². The summed E-state index contributed by atoms with van der Waals surface area (Å²) in [7, 11) is 1.64. The highest BCUT2D eigenvalue weighted by Gasteiger charge is 2.25. The zero-order valence-corrected chi connectivity index (χ0v) is 17.5. The van der Waals surface area contributed by atoms with Gasteiger partial charge in [-0.3, -0.25) is 9.89 Å². The summed E-state index contributed by atoms with van der Waals surface area (Å²) >= 11 is 0. The van der Waals surface area contributed by atoms with Crippen LogP contribution in [0.4, 0.5) is 5.82 Å². The lowest BCUT2D eigenvalue weighted by Gasteiger charge is -2.34. The van der Waals surface area contributed by atoms with Gasteiger partial charge in [0.1, 0.15) is 23.6 Å². The van der Waals surface area contributed by atoms with E-state index in [-0.39, 0.29) is 18.6 Å². The van der Waals surface area contributed by atoms with Crippen LogP contribution in [0.15, 0.2) is 30.6 Å². The molecule has 158 valence electrons. The Morgan fingerprint density at radius 2 is 2.07 bits per heavy atom. The molecule has 9 nitrogen and oxygen atoms in total. The Hall–Kier alpha value is -3.20. The van der Waals surface area contributed by atoms with Crippen molar-refractivity contribution in [1.29, 1.82) is 0 Å². The van der Waals surface area contributed by atoms with E-state index in [2.05, 4.69) is 20.2 Å². The molecular formula is C21H26N6O3. The van der Waals surface area contributed by atoms with Gasteiger partial charge in [0.15, 0.2) is 0 Å². The van der Waals surface area contributed by atoms with Crippen molar-refractivity contribution >= 4 is 22.6 Å². The average Bonchev–Trinajstić information content (AvgIpc) is 3.16. The Morgan fingerprint density at radius 1 is 1.20 bits per heavy atom. The Labute approximate surface area is 175 Å². The smallest absolute Gasteiger partial charge is 0.242 e. The van der Waals surface area contributed by atoms with E-state index in [4.69, 9.17) is 9.47 Å². The number of rotatable bonds is 7. The highest BCUT2D eigenvalue weighted by atomic mass is 16.5. The number of aromatic nitrogens is 4. The predicted molar refractivity (Wildman–Crippen MR) is 114 cm³/mol. The van der Waals surface area contributed by atoms with Gasteiger partial charge >= 0.3 is 0 Å². The average molecular weight is 410 g/mol. The number of piperazine rings is 1. The minimum Gasteiger partial charge on any atom is -0.491 e. The summed E-state index contributed by atoms with van der Waals surface area (Å²) < 4.78 is 10.9. The first kappa shape index (κ1) is 20.1. The lowest BCUT2D eigenvalue weighted by atomic mass is 10.1. The summed E-state index contributed by atoms with van der Waals surface area (Å²) in [5.74, 6) is 1.57. The van der Waals surface area contributed by atoms with Crippen LogP contribution >= 0.6 is 0 Å². The first-order chi connectivity index (χ1) is 14.5. The Kier molecular flexibility index (Phi) is 5.80. The van der Waals surface area contributed by atoms with Crippen molar-refractivity contribution < 1.29 is 14.3 Å². The number of H-pyrrole nitrogens is 1. The summed E-state index contributed by atoms with van der Waals surface area (Å²) in [6.45, 7) is 6.77. The standard InChI is InChI=1S/C21H26N6O3/c1-14(2)30-15-4-5-17-16(10-15)21(25-24-17)18-11-19(23-13-22-18)27-7-6-26(8-9-29-3)20(28)12-27/h4-5,10-11,13-14H,6-9,12H2,1-3H3,(H,24,25). The summed E-state index contributed by atoms with van der Waals surface area (Å²) in [6.07, 6.45) is 1.60. The highest BCUT2D eigenvalue weighted by molar-refractivity contribution is 5.93. The second kappa shape index (κ2) is 8.66. The van der Waals surface area contributed by atoms with Gasteiger partial charge in [0.25, 0.3) is 0 Å². The molecule has 1 aromatic carbocycles. The third kappa shape index (κ3) is 4.20. The fraction of sp³-hybridized carbons (Fsp3) is 0.429. The molecule has 0 saturated carbocycles. The van der Waals surface area contributed by atoms with Crippen molar-refractivity contribution in [3.8, 4) is 17.1 Å². The van der Waals surface area contributed by atoms with Crippen LogP contribution in [-0.4, -0.2) is 77.0 Å². The van der Waals surface area contributed by atoms with E-state index in [1.807, 2.05) is 47.9 Å². The number of ether oxygens (including phenoxy) is 2. The topological polar surface area (TPSA) is 96.5 Å². The number of nitrogens with zero attached hydrogens (tertiary/aromatic N) is 5. The van der Waals surface area contributed by atoms with Gasteiger partial charge < -0.3 is 19.3 Å². The van der Waals surface area contributed by atoms with Crippen molar-refractivity contribution in [3.63, 3.8) is 0 Å². The number of fused-ring (bicyclic) bond motifs is 1. The first-order valence-electron chi connectivity index (χ1n) is 10.0. The lowest BCUT2D eigenvalue weighted by Crippen LogP contribution is -2.51. The number of anilines is 1. The number of nitrogens with one attached hydrogen (secondary N) is 1. The monoisotopic (exact) mass is 410 g/mol. The van der Waals surface area contributed by atoms with Gasteiger partial charge in [0.05, 0.1) is 30.5 Å². The maximum atomic E-state index is 12.5. The third-order valence-corrected chi connectivity index (χ3v) is 5.01. The van der Waals surface area contributed by atoms with Gasteiger partial charge in [-0.1, -0.05) is 0 Å². The molecule has 2 aromatic heterocycles. The molecule has 0 aliphatic carbocycles. The first-order valence-corrected chi connectivity index (χ1v) is 10.0. The van der Waals surface area contributed by atoms with E-state index in [0.29, 0.717) is 37.8 Å². The quantitative estimate of drug-likeness (QED) is 0.637. The van der Waals surface area contributed by atoms with E-state index in [1.165, 1.54) is 6.33 Å². The van der Waals surface area contributed by atoms with Crippen LogP contribution in [0.3, 0.4) is 0 Å². The molecule has 0 atom stereocenters. The second-order valence-corrected chi connectivity index (χ2v) is 7.50. The molecule has 1 saturated heterocycles. The molecule has 1 aliphatic rings. The van der Waals surface area contributed by atoms with E-state index in [1.54, 1.807) is 7.11 Å². The number of amides is 1. The Balaban J connectivity index is 1.58. The third-order valence-electron chi connectivity index (χ3n) is 5.01. The Bertz CT molecular complexity index is 1030. The van der Waals surface area contributed by atoms with Crippen LogP contribution in [-0.2, 0) is 9.53 Å². The number of carbonyl (C=O) groups excluding carboxylic acids is 1. The molecule has 1 aliphatic heterocycles. The van der Waals surface area contributed by atoms with Gasteiger partial charge in [-0.05, 0) is 32.0 Å². The SMILES string of the molecule is COCCN1CCN(c2cc(-c3n[nH]c4ccc(OC(C)C)cc34)ncn2)CC1=O. The van der Waals surface area contributed by atoms with Crippen molar-refractivity contribution in [2.75, 3.05) is 44.8 Å². The van der Waals surface area contributed by atoms with E-state index in [9.17, 15) is 4.79 Å². The minimum atomic E-state index is 0.0687. The predicted octanol–water partition coefficient (Wildman–Crippen LogP) is 2.10. The van der Waals surface area contributed by atoms with Gasteiger partial charge in [0, 0.05) is 38.2 Å². The maximum Gasteiger partial charge on any atom is 0.242 e. The fourth-order valence-corrected chi connectivity index (χ4v) is 3.53. The number of aromatic amines is 1. The van der Waals surface area contributed by atoms with Crippen molar-refractivity contribution in [2.24, 2.45) is 0 Å². The molecule has 1 N–H and O–H groups in total. The van der Waals surface area contributed by atoms with Gasteiger partial charge in [-0.2, -0.15) is 5.10 Å². The fourth-order valence-electron chi connectivity index (χ4n) is 3.53. The summed E-state index contributed by atoms with van der Waals surface area (Å²) in [4.78, 5) is 25.0. The number of methoxy groups -OCH3 is 1. The minimum absolute atomic E-state index is 0.0687. The number of hydrogen-bond donors (Lipinski definition) is 1. The summed E-state index contributed by atoms with van der Waals surface area (Å²) in [6, 6.07) is 7.71. The molecule has 30 heavy (non-hydrogen) atoms. The van der Waals surface area contributed by atoms with Crippen LogP contribution in [0, 0.1) is 0 Å². The number of hydrogen-bond acceptors (Lipinski definition) is 7. The van der Waals surface area contributed by atoms with Crippen LogP contribution in [0.1, 0.15) is 13.8 Å². The molecule has 0 unspecified atom stereocenters. The van der Waals surface area contributed by atoms with Crippen molar-refractivity contribution in [1.82, 2.24) is 25.1 Å². The molecule has 0 bridgehead atoms. The highest BCUT2D eigenvalue weighted by Crippen LogP contribution is 2.30. The van der Waals surface area contributed by atoms with Crippen molar-refractivity contribution in [2.45, 2.75) is 20.0 Å². The largest absolute Gasteiger partial charge is 0.491 e. The van der Waals surface area contributed by atoms with Crippen LogP contribution < -0.4 is 9.64 Å². The number of benzene rings is 1. The molecule has 3 heterocycles. The second-order valence-electron chi connectivity index (χ2n) is 7.50. The van der Waals surface area contributed by atoms with Crippen molar-refractivity contribution in [3.05, 3.63) is 30.6 Å². The number of carbonyl (C=O) groups is 1.